The van der Waals surface area contributed by atoms with Gasteiger partial charge in [0.05, 0.1) is 0 Å². The molecule has 0 saturated carbocycles. The van der Waals surface area contributed by atoms with Crippen molar-refractivity contribution in [3.8, 4) is 0 Å². The topological polar surface area (TPSA) is 95.4 Å². The maximum Gasteiger partial charge on any atom is 0.325 e. The molecule has 1 saturated heterocycles. The molecule has 2 heterocycles. The maximum absolute atomic E-state index is 11.7. The van der Waals surface area contributed by atoms with E-state index >= 15 is 0 Å². The molecule has 0 aromatic carbocycles. The van der Waals surface area contributed by atoms with Crippen LogP contribution in [0.3, 0.4) is 0 Å². The van der Waals surface area contributed by atoms with Crippen LogP contribution in [0.15, 0.2) is 12.1 Å². The lowest BCUT2D eigenvalue weighted by molar-refractivity contribution is -0.138. The van der Waals surface area contributed by atoms with Crippen molar-refractivity contribution in [2.75, 3.05) is 18.0 Å². The Morgan fingerprint density at radius 2 is 2.00 bits per heavy atom. The molecule has 0 radical (unpaired) electrons. The van der Waals surface area contributed by atoms with E-state index < -0.39 is 17.9 Å². The second kappa shape index (κ2) is 5.64. The van der Waals surface area contributed by atoms with E-state index in [9.17, 15) is 9.59 Å². The van der Waals surface area contributed by atoms with E-state index in [0.29, 0.717) is 0 Å². The molecule has 7 nitrogen and oxygen atoms in total. The molecule has 1 amide bonds. The first-order chi connectivity index (χ1) is 9.08. The minimum atomic E-state index is -1.09. The highest BCUT2D eigenvalue weighted by molar-refractivity contribution is 5.94. The predicted molar refractivity (Wildman–Crippen MR) is 68.0 cm³/mol. The number of carbonyl (C=O) groups excluding carboxylic acids is 1. The highest BCUT2D eigenvalue weighted by Gasteiger charge is 2.18. The number of aromatic nitrogens is 2. The minimum absolute atomic E-state index is 0.121. The van der Waals surface area contributed by atoms with E-state index in [4.69, 9.17) is 5.11 Å². The largest absolute Gasteiger partial charge is 0.480 e. The molecule has 2 N–H and O–H groups in total. The fraction of sp³-hybridized carbons (Fsp3) is 0.500. The lowest BCUT2D eigenvalue weighted by Gasteiger charge is -2.15. The molecule has 1 atom stereocenters. The van der Waals surface area contributed by atoms with Crippen LogP contribution in [-0.2, 0) is 4.79 Å². The van der Waals surface area contributed by atoms with Gasteiger partial charge >= 0.3 is 5.97 Å². The van der Waals surface area contributed by atoms with Crippen molar-refractivity contribution in [3.63, 3.8) is 0 Å². The first-order valence-corrected chi connectivity index (χ1v) is 6.20. The molecule has 2 rings (SSSR count). The third kappa shape index (κ3) is 3.18. The molecular formula is C12H16N4O3. The number of rotatable bonds is 4. The molecule has 0 spiro atoms. The fourth-order valence-corrected chi connectivity index (χ4v) is 1.89. The van der Waals surface area contributed by atoms with Gasteiger partial charge in [-0.1, -0.05) is 0 Å². The maximum atomic E-state index is 11.7. The molecule has 1 aliphatic heterocycles. The van der Waals surface area contributed by atoms with Gasteiger partial charge in [-0.3, -0.25) is 9.59 Å². The molecule has 1 aromatic rings. The third-order valence-corrected chi connectivity index (χ3v) is 3.03. The van der Waals surface area contributed by atoms with Crippen LogP contribution in [0.1, 0.15) is 30.3 Å². The van der Waals surface area contributed by atoms with Gasteiger partial charge < -0.3 is 15.3 Å². The van der Waals surface area contributed by atoms with Gasteiger partial charge in [-0.2, -0.15) is 0 Å². The van der Waals surface area contributed by atoms with Gasteiger partial charge in [-0.15, -0.1) is 10.2 Å². The van der Waals surface area contributed by atoms with Gasteiger partial charge in [0.2, 0.25) is 0 Å². The second-order valence-electron chi connectivity index (χ2n) is 4.50. The Hall–Kier alpha value is -2.18. The average molecular weight is 264 g/mol. The van der Waals surface area contributed by atoms with E-state index in [1.807, 2.05) is 0 Å². The number of aliphatic carboxylic acids is 1. The number of anilines is 1. The van der Waals surface area contributed by atoms with Gasteiger partial charge in [0.15, 0.2) is 11.5 Å². The summed E-state index contributed by atoms with van der Waals surface area (Å²) >= 11 is 0. The molecule has 19 heavy (non-hydrogen) atoms. The van der Waals surface area contributed by atoms with E-state index in [-0.39, 0.29) is 5.69 Å². The SMILES string of the molecule is C[C@H](NC(=O)c1ccc(N2CCCC2)nn1)C(=O)O. The minimum Gasteiger partial charge on any atom is -0.480 e. The zero-order valence-electron chi connectivity index (χ0n) is 10.7. The first-order valence-electron chi connectivity index (χ1n) is 6.20. The predicted octanol–water partition coefficient (Wildman–Crippen LogP) is 0.280. The van der Waals surface area contributed by atoms with Crippen LogP contribution in [0.25, 0.3) is 0 Å². The number of nitrogens with zero attached hydrogens (tertiary/aromatic N) is 3. The van der Waals surface area contributed by atoms with Crippen LogP contribution >= 0.6 is 0 Å². The molecule has 7 heteroatoms. The highest BCUT2D eigenvalue weighted by atomic mass is 16.4. The summed E-state index contributed by atoms with van der Waals surface area (Å²) in [6, 6.07) is 2.34. The molecule has 1 fully saturated rings. The molecule has 102 valence electrons. The Morgan fingerprint density at radius 3 is 2.53 bits per heavy atom. The summed E-state index contributed by atoms with van der Waals surface area (Å²) in [5.74, 6) is -0.870. The zero-order valence-corrected chi connectivity index (χ0v) is 10.7. The number of hydrogen-bond acceptors (Lipinski definition) is 5. The van der Waals surface area contributed by atoms with E-state index in [2.05, 4.69) is 20.4 Å². The summed E-state index contributed by atoms with van der Waals surface area (Å²) in [5.41, 5.74) is 0.121. The van der Waals surface area contributed by atoms with Gasteiger partial charge in [-0.25, -0.2) is 0 Å². The van der Waals surface area contributed by atoms with Crippen molar-refractivity contribution in [1.82, 2.24) is 15.5 Å². The number of carboxylic acids is 1. The van der Waals surface area contributed by atoms with Crippen LogP contribution in [0.2, 0.25) is 0 Å². The van der Waals surface area contributed by atoms with Crippen molar-refractivity contribution in [2.45, 2.75) is 25.8 Å². The third-order valence-electron chi connectivity index (χ3n) is 3.03. The lowest BCUT2D eigenvalue weighted by atomic mass is 10.3. The van der Waals surface area contributed by atoms with Gasteiger partial charge in [0.25, 0.3) is 5.91 Å². The van der Waals surface area contributed by atoms with Gasteiger partial charge in [0, 0.05) is 13.1 Å². The number of hydrogen-bond donors (Lipinski definition) is 2. The summed E-state index contributed by atoms with van der Waals surface area (Å²) in [5, 5.41) is 18.9. The number of carboxylic acid groups (broad SMARTS) is 1. The van der Waals surface area contributed by atoms with Crippen molar-refractivity contribution in [1.29, 1.82) is 0 Å². The Bertz CT molecular complexity index is 468. The van der Waals surface area contributed by atoms with Crippen molar-refractivity contribution >= 4 is 17.7 Å². The van der Waals surface area contributed by atoms with Crippen molar-refractivity contribution in [3.05, 3.63) is 17.8 Å². The Kier molecular flexibility index (Phi) is 3.94. The molecule has 1 aliphatic rings. The number of carbonyl (C=O) groups is 2. The van der Waals surface area contributed by atoms with Gasteiger partial charge in [0.1, 0.15) is 6.04 Å². The normalized spacial score (nSPS) is 16.2. The summed E-state index contributed by atoms with van der Waals surface area (Å²) in [4.78, 5) is 24.4. The van der Waals surface area contributed by atoms with Crippen molar-refractivity contribution in [2.24, 2.45) is 0 Å². The molecular weight excluding hydrogens is 248 g/mol. The summed E-state index contributed by atoms with van der Waals surface area (Å²) in [7, 11) is 0. The van der Waals surface area contributed by atoms with E-state index in [0.717, 1.165) is 31.7 Å². The Labute approximate surface area is 110 Å². The fourth-order valence-electron chi connectivity index (χ4n) is 1.89. The smallest absolute Gasteiger partial charge is 0.325 e. The van der Waals surface area contributed by atoms with Crippen LogP contribution in [0, 0.1) is 0 Å². The van der Waals surface area contributed by atoms with E-state index in [1.54, 1.807) is 12.1 Å². The Balaban J connectivity index is 2.01. The molecule has 0 unspecified atom stereocenters. The number of nitrogens with one attached hydrogen (secondary N) is 1. The highest BCUT2D eigenvalue weighted by Crippen LogP contribution is 2.16. The number of amides is 1. The summed E-state index contributed by atoms with van der Waals surface area (Å²) in [6.07, 6.45) is 2.28. The lowest BCUT2D eigenvalue weighted by Crippen LogP contribution is -2.38. The standard InChI is InChI=1S/C12H16N4O3/c1-8(12(18)19)13-11(17)9-4-5-10(15-14-9)16-6-2-3-7-16/h4-5,8H,2-3,6-7H2,1H3,(H,13,17)(H,18,19)/t8-/m0/s1. The van der Waals surface area contributed by atoms with Crippen LogP contribution in [0.5, 0.6) is 0 Å². The van der Waals surface area contributed by atoms with Gasteiger partial charge in [-0.05, 0) is 31.9 Å². The average Bonchev–Trinajstić information content (AvgIpc) is 2.92. The summed E-state index contributed by atoms with van der Waals surface area (Å²) < 4.78 is 0. The monoisotopic (exact) mass is 264 g/mol. The van der Waals surface area contributed by atoms with Crippen LogP contribution < -0.4 is 10.2 Å². The van der Waals surface area contributed by atoms with Crippen molar-refractivity contribution < 1.29 is 14.7 Å². The summed E-state index contributed by atoms with van der Waals surface area (Å²) in [6.45, 7) is 3.30. The van der Waals surface area contributed by atoms with Crippen LogP contribution in [-0.4, -0.2) is 46.3 Å². The molecule has 0 aliphatic carbocycles. The second-order valence-corrected chi connectivity index (χ2v) is 4.50. The van der Waals surface area contributed by atoms with Crippen LogP contribution in [0.4, 0.5) is 5.82 Å². The first kappa shape index (κ1) is 13.3. The molecule has 0 bridgehead atoms. The zero-order chi connectivity index (χ0) is 13.8. The molecule has 1 aromatic heterocycles. The Morgan fingerprint density at radius 1 is 1.32 bits per heavy atom. The quantitative estimate of drug-likeness (QED) is 0.811. The van der Waals surface area contributed by atoms with E-state index in [1.165, 1.54) is 6.92 Å².